The summed E-state index contributed by atoms with van der Waals surface area (Å²) in [5.74, 6) is -0.439. The largest absolute Gasteiger partial charge is 0.381 e. The summed E-state index contributed by atoms with van der Waals surface area (Å²) >= 11 is 3.08. The van der Waals surface area contributed by atoms with Crippen molar-refractivity contribution in [1.82, 2.24) is 5.32 Å². The zero-order valence-electron chi connectivity index (χ0n) is 9.67. The van der Waals surface area contributed by atoms with Crippen LogP contribution in [0.2, 0.25) is 0 Å². The highest BCUT2D eigenvalue weighted by Gasteiger charge is 2.15. The molecule has 18 heavy (non-hydrogen) atoms. The van der Waals surface area contributed by atoms with Gasteiger partial charge in [-0.15, -0.1) is 0 Å². The highest BCUT2D eigenvalue weighted by atomic mass is 79.9. The van der Waals surface area contributed by atoms with Gasteiger partial charge < -0.3 is 15.4 Å². The molecular formula is C12H13BrFN3O. The van der Waals surface area contributed by atoms with Crippen LogP contribution in [0.5, 0.6) is 0 Å². The lowest BCUT2D eigenvalue weighted by molar-refractivity contribution is 0.0806. The van der Waals surface area contributed by atoms with Crippen LogP contribution >= 0.6 is 15.9 Å². The maximum atomic E-state index is 13.9. The van der Waals surface area contributed by atoms with Gasteiger partial charge in [0.25, 0.3) is 0 Å². The van der Waals surface area contributed by atoms with Gasteiger partial charge in [-0.1, -0.05) is 0 Å². The fourth-order valence-electron chi connectivity index (χ4n) is 1.76. The molecule has 1 aromatic carbocycles. The van der Waals surface area contributed by atoms with E-state index in [1.165, 1.54) is 0 Å². The molecule has 0 aromatic heterocycles. The van der Waals surface area contributed by atoms with Crippen molar-refractivity contribution >= 4 is 21.6 Å². The number of nitriles is 1. The molecule has 6 heteroatoms. The number of nitrogens with zero attached hydrogens (tertiary/aromatic N) is 1. The minimum absolute atomic E-state index is 0.174. The maximum Gasteiger partial charge on any atom is 0.161 e. The molecule has 0 aliphatic carbocycles. The molecule has 1 aliphatic rings. The molecule has 2 N–H and O–H groups in total. The van der Waals surface area contributed by atoms with Crippen LogP contribution in [0, 0.1) is 17.1 Å². The van der Waals surface area contributed by atoms with E-state index < -0.39 is 5.82 Å². The first-order valence-electron chi connectivity index (χ1n) is 5.65. The monoisotopic (exact) mass is 313 g/mol. The summed E-state index contributed by atoms with van der Waals surface area (Å²) in [6, 6.07) is 5.25. The average Bonchev–Trinajstić information content (AvgIpc) is 2.42. The van der Waals surface area contributed by atoms with E-state index in [1.54, 1.807) is 12.1 Å². The van der Waals surface area contributed by atoms with Gasteiger partial charge in [0.15, 0.2) is 5.82 Å². The molecule has 1 fully saturated rings. The van der Waals surface area contributed by atoms with Crippen LogP contribution in [-0.4, -0.2) is 32.3 Å². The van der Waals surface area contributed by atoms with E-state index in [4.69, 9.17) is 10.00 Å². The van der Waals surface area contributed by atoms with Crippen molar-refractivity contribution < 1.29 is 9.13 Å². The number of hydrogen-bond acceptors (Lipinski definition) is 4. The first-order valence-corrected chi connectivity index (χ1v) is 6.44. The van der Waals surface area contributed by atoms with Crippen LogP contribution in [0.1, 0.15) is 5.56 Å². The molecule has 1 aromatic rings. The Morgan fingerprint density at radius 3 is 3.11 bits per heavy atom. The molecule has 0 radical (unpaired) electrons. The molecule has 4 nitrogen and oxygen atoms in total. The standard InChI is InChI=1S/C12H13BrFN3O/c13-11-8(5-15)1-2-10(12(11)14)17-6-9-7-18-4-3-16-9/h1-2,9,16-17H,3-4,6-7H2. The number of rotatable bonds is 3. The van der Waals surface area contributed by atoms with Crippen LogP contribution in [0.3, 0.4) is 0 Å². The minimum Gasteiger partial charge on any atom is -0.381 e. The van der Waals surface area contributed by atoms with Crippen LogP contribution < -0.4 is 10.6 Å². The number of anilines is 1. The zero-order chi connectivity index (χ0) is 13.0. The number of benzene rings is 1. The van der Waals surface area contributed by atoms with E-state index in [0.29, 0.717) is 25.4 Å². The highest BCUT2D eigenvalue weighted by molar-refractivity contribution is 9.10. The van der Waals surface area contributed by atoms with Crippen molar-refractivity contribution in [2.24, 2.45) is 0 Å². The summed E-state index contributed by atoms with van der Waals surface area (Å²) in [7, 11) is 0. The Kier molecular flexibility index (Phi) is 4.53. The highest BCUT2D eigenvalue weighted by Crippen LogP contribution is 2.26. The van der Waals surface area contributed by atoms with Crippen LogP contribution in [0.25, 0.3) is 0 Å². The molecular weight excluding hydrogens is 301 g/mol. The zero-order valence-corrected chi connectivity index (χ0v) is 11.3. The summed E-state index contributed by atoms with van der Waals surface area (Å²) in [4.78, 5) is 0. The van der Waals surface area contributed by atoms with Crippen molar-refractivity contribution in [2.45, 2.75) is 6.04 Å². The predicted octanol–water partition coefficient (Wildman–Crippen LogP) is 1.86. The van der Waals surface area contributed by atoms with Gasteiger partial charge in [0.2, 0.25) is 0 Å². The number of nitrogens with one attached hydrogen (secondary N) is 2. The SMILES string of the molecule is N#Cc1ccc(NCC2COCCN2)c(F)c1Br. The predicted molar refractivity (Wildman–Crippen MR) is 69.9 cm³/mol. The number of halogens is 2. The lowest BCUT2D eigenvalue weighted by atomic mass is 10.2. The Labute approximate surface area is 113 Å². The first kappa shape index (κ1) is 13.3. The van der Waals surface area contributed by atoms with Gasteiger partial charge in [-0.05, 0) is 28.1 Å². The third-order valence-corrected chi connectivity index (χ3v) is 3.52. The second-order valence-corrected chi connectivity index (χ2v) is 4.80. The molecule has 1 atom stereocenters. The van der Waals surface area contributed by atoms with Crippen molar-refractivity contribution in [1.29, 1.82) is 5.26 Å². The van der Waals surface area contributed by atoms with E-state index in [1.807, 2.05) is 6.07 Å². The number of ether oxygens (including phenoxy) is 1. The molecule has 1 saturated heterocycles. The van der Waals surface area contributed by atoms with Gasteiger partial charge in [0, 0.05) is 19.1 Å². The fraction of sp³-hybridized carbons (Fsp3) is 0.417. The van der Waals surface area contributed by atoms with E-state index in [2.05, 4.69) is 26.6 Å². The molecule has 0 bridgehead atoms. The van der Waals surface area contributed by atoms with Gasteiger partial charge in [0.1, 0.15) is 6.07 Å². The van der Waals surface area contributed by atoms with Gasteiger partial charge in [-0.3, -0.25) is 0 Å². The Morgan fingerprint density at radius 2 is 2.44 bits per heavy atom. The molecule has 0 spiro atoms. The number of morpholine rings is 1. The fourth-order valence-corrected chi connectivity index (χ4v) is 2.19. The minimum atomic E-state index is -0.439. The smallest absolute Gasteiger partial charge is 0.161 e. The molecule has 2 rings (SSSR count). The second kappa shape index (κ2) is 6.14. The van der Waals surface area contributed by atoms with Gasteiger partial charge >= 0.3 is 0 Å². The van der Waals surface area contributed by atoms with Gasteiger partial charge in [-0.2, -0.15) is 5.26 Å². The topological polar surface area (TPSA) is 57.1 Å². The third-order valence-electron chi connectivity index (χ3n) is 2.74. The molecule has 1 heterocycles. The van der Waals surface area contributed by atoms with Crippen molar-refractivity contribution in [3.05, 3.63) is 28.0 Å². The summed E-state index contributed by atoms with van der Waals surface area (Å²) in [6.07, 6.45) is 0. The Hall–Kier alpha value is -1.16. The van der Waals surface area contributed by atoms with Crippen molar-refractivity contribution in [3.8, 4) is 6.07 Å². The summed E-state index contributed by atoms with van der Waals surface area (Å²) in [5.41, 5.74) is 0.672. The molecule has 0 amide bonds. The Morgan fingerprint density at radius 1 is 1.61 bits per heavy atom. The lowest BCUT2D eigenvalue weighted by Crippen LogP contribution is -2.45. The lowest BCUT2D eigenvalue weighted by Gasteiger charge is -2.24. The second-order valence-electron chi connectivity index (χ2n) is 4.01. The van der Waals surface area contributed by atoms with Crippen LogP contribution in [0.4, 0.5) is 10.1 Å². The molecule has 1 unspecified atom stereocenters. The Bertz CT molecular complexity index is 469. The molecule has 1 aliphatic heterocycles. The maximum absolute atomic E-state index is 13.9. The Balaban J connectivity index is 2.01. The number of hydrogen-bond donors (Lipinski definition) is 2. The van der Waals surface area contributed by atoms with E-state index in [-0.39, 0.29) is 16.1 Å². The molecule has 96 valence electrons. The normalized spacial score (nSPS) is 19.3. The summed E-state index contributed by atoms with van der Waals surface area (Å²) in [6.45, 7) is 2.72. The van der Waals surface area contributed by atoms with Gasteiger partial charge in [-0.25, -0.2) is 4.39 Å². The van der Waals surface area contributed by atoms with E-state index in [9.17, 15) is 4.39 Å². The third kappa shape index (κ3) is 2.99. The summed E-state index contributed by atoms with van der Waals surface area (Å²) in [5, 5.41) is 15.1. The van der Waals surface area contributed by atoms with Crippen molar-refractivity contribution in [2.75, 3.05) is 31.6 Å². The van der Waals surface area contributed by atoms with Gasteiger partial charge in [0.05, 0.1) is 28.9 Å². The quantitative estimate of drug-likeness (QED) is 0.894. The van der Waals surface area contributed by atoms with Crippen LogP contribution in [0.15, 0.2) is 16.6 Å². The first-order chi connectivity index (χ1) is 8.72. The average molecular weight is 314 g/mol. The van der Waals surface area contributed by atoms with Crippen molar-refractivity contribution in [3.63, 3.8) is 0 Å². The summed E-state index contributed by atoms with van der Waals surface area (Å²) < 4.78 is 19.4. The van der Waals surface area contributed by atoms with E-state index in [0.717, 1.165) is 6.54 Å². The molecule has 0 saturated carbocycles. The van der Waals surface area contributed by atoms with Crippen LogP contribution in [-0.2, 0) is 4.74 Å². The van der Waals surface area contributed by atoms with E-state index >= 15 is 0 Å².